The van der Waals surface area contributed by atoms with E-state index in [2.05, 4.69) is 15.6 Å². The maximum absolute atomic E-state index is 11.9. The van der Waals surface area contributed by atoms with Gasteiger partial charge >= 0.3 is 0 Å². The predicted molar refractivity (Wildman–Crippen MR) is 90.3 cm³/mol. The Bertz CT molecular complexity index is 843. The second kappa shape index (κ2) is 6.96. The van der Waals surface area contributed by atoms with Crippen LogP contribution in [-0.2, 0) is 21.2 Å². The van der Waals surface area contributed by atoms with Gasteiger partial charge in [0.25, 0.3) is 0 Å². The van der Waals surface area contributed by atoms with Gasteiger partial charge in [0.2, 0.25) is 5.91 Å². The number of nitrogens with one attached hydrogen (secondary N) is 1. The van der Waals surface area contributed by atoms with Gasteiger partial charge in [0.1, 0.15) is 0 Å². The van der Waals surface area contributed by atoms with Crippen LogP contribution in [-0.4, -0.2) is 41.8 Å². The number of nitrogens with zero attached hydrogens (tertiary/aromatic N) is 3. The van der Waals surface area contributed by atoms with Gasteiger partial charge in [-0.2, -0.15) is 10.2 Å². The molecule has 3 rings (SSSR count). The van der Waals surface area contributed by atoms with Crippen LogP contribution in [0.2, 0.25) is 0 Å². The van der Waals surface area contributed by atoms with E-state index < -0.39 is 15.8 Å². The summed E-state index contributed by atoms with van der Waals surface area (Å²) in [7, 11) is -3.07. The Morgan fingerprint density at radius 3 is 2.88 bits per heavy atom. The van der Waals surface area contributed by atoms with Gasteiger partial charge in [0.05, 0.1) is 36.4 Å². The lowest BCUT2D eigenvalue weighted by molar-refractivity contribution is -0.124. The van der Waals surface area contributed by atoms with E-state index in [9.17, 15) is 13.2 Å². The number of hydrogen-bond donors (Lipinski definition) is 1. The number of benzene rings is 1. The van der Waals surface area contributed by atoms with Gasteiger partial charge < -0.3 is 0 Å². The first-order valence-corrected chi connectivity index (χ1v) is 9.44. The Balaban J connectivity index is 1.53. The number of aromatic nitrogens is 2. The molecule has 7 nitrogen and oxygen atoms in total. The zero-order chi connectivity index (χ0) is 17.0. The van der Waals surface area contributed by atoms with Crippen molar-refractivity contribution >= 4 is 22.0 Å². The molecule has 1 atom stereocenters. The van der Waals surface area contributed by atoms with Crippen molar-refractivity contribution in [1.82, 2.24) is 15.2 Å². The van der Waals surface area contributed by atoms with E-state index in [-0.39, 0.29) is 17.4 Å². The van der Waals surface area contributed by atoms with E-state index in [4.69, 9.17) is 0 Å². The average molecular weight is 346 g/mol. The SMILES string of the molecule is O=C(N/N=C\c1cnn(Cc2ccccc2)c1)[C@H]1CCS(=O)(=O)C1. The topological polar surface area (TPSA) is 93.4 Å². The van der Waals surface area contributed by atoms with Crippen LogP contribution in [0.4, 0.5) is 0 Å². The van der Waals surface area contributed by atoms with Crippen LogP contribution in [0, 0.1) is 5.92 Å². The zero-order valence-corrected chi connectivity index (χ0v) is 13.8. The molecular formula is C16H18N4O3S. The minimum absolute atomic E-state index is 0.0705. The molecule has 0 aliphatic carbocycles. The van der Waals surface area contributed by atoms with E-state index in [1.165, 1.54) is 6.21 Å². The van der Waals surface area contributed by atoms with E-state index in [1.54, 1.807) is 10.9 Å². The average Bonchev–Trinajstić information content (AvgIpc) is 3.14. The molecule has 126 valence electrons. The molecule has 1 aromatic carbocycles. The van der Waals surface area contributed by atoms with Crippen LogP contribution < -0.4 is 5.43 Å². The highest BCUT2D eigenvalue weighted by Crippen LogP contribution is 2.18. The second-order valence-electron chi connectivity index (χ2n) is 5.79. The van der Waals surface area contributed by atoms with Crippen molar-refractivity contribution < 1.29 is 13.2 Å². The first-order chi connectivity index (χ1) is 11.5. The largest absolute Gasteiger partial charge is 0.273 e. The van der Waals surface area contributed by atoms with Crippen LogP contribution in [0.15, 0.2) is 47.8 Å². The molecule has 1 aliphatic rings. The first kappa shape index (κ1) is 16.4. The zero-order valence-electron chi connectivity index (χ0n) is 13.0. The normalized spacial score (nSPS) is 19.6. The summed E-state index contributed by atoms with van der Waals surface area (Å²) >= 11 is 0. The van der Waals surface area contributed by atoms with Crippen molar-refractivity contribution in [3.05, 3.63) is 53.9 Å². The van der Waals surface area contributed by atoms with Gasteiger partial charge in [-0.05, 0) is 12.0 Å². The molecule has 0 bridgehead atoms. The number of hydrogen-bond acceptors (Lipinski definition) is 5. The van der Waals surface area contributed by atoms with Crippen molar-refractivity contribution in [1.29, 1.82) is 0 Å². The number of amides is 1. The van der Waals surface area contributed by atoms with E-state index in [0.717, 1.165) is 11.1 Å². The van der Waals surface area contributed by atoms with Gasteiger partial charge in [-0.1, -0.05) is 30.3 Å². The molecule has 1 saturated heterocycles. The lowest BCUT2D eigenvalue weighted by Gasteiger charge is -2.04. The van der Waals surface area contributed by atoms with Crippen molar-refractivity contribution in [2.24, 2.45) is 11.0 Å². The summed E-state index contributed by atoms with van der Waals surface area (Å²) in [5, 5.41) is 8.12. The molecule has 1 amide bonds. The predicted octanol–water partition coefficient (Wildman–Crippen LogP) is 0.816. The Morgan fingerprint density at radius 1 is 1.38 bits per heavy atom. The minimum atomic E-state index is -3.07. The van der Waals surface area contributed by atoms with E-state index in [0.29, 0.717) is 13.0 Å². The molecular weight excluding hydrogens is 328 g/mol. The fourth-order valence-electron chi connectivity index (χ4n) is 2.57. The third-order valence-electron chi connectivity index (χ3n) is 3.83. The van der Waals surface area contributed by atoms with Gasteiger partial charge in [-0.3, -0.25) is 9.48 Å². The fraction of sp³-hybridized carbons (Fsp3) is 0.312. The number of sulfone groups is 1. The van der Waals surface area contributed by atoms with Crippen molar-refractivity contribution in [3.8, 4) is 0 Å². The molecule has 0 spiro atoms. The lowest BCUT2D eigenvalue weighted by atomic mass is 10.1. The van der Waals surface area contributed by atoms with Crippen LogP contribution in [0.25, 0.3) is 0 Å². The summed E-state index contributed by atoms with van der Waals surface area (Å²) in [6.07, 6.45) is 5.33. The highest BCUT2D eigenvalue weighted by molar-refractivity contribution is 7.91. The quantitative estimate of drug-likeness (QED) is 0.640. The van der Waals surface area contributed by atoms with Crippen molar-refractivity contribution in [2.45, 2.75) is 13.0 Å². The van der Waals surface area contributed by atoms with Crippen LogP contribution >= 0.6 is 0 Å². The Morgan fingerprint density at radius 2 is 2.17 bits per heavy atom. The molecule has 1 N–H and O–H groups in total. The monoisotopic (exact) mass is 346 g/mol. The van der Waals surface area contributed by atoms with Crippen LogP contribution in [0.1, 0.15) is 17.5 Å². The maximum Gasteiger partial charge on any atom is 0.244 e. The van der Waals surface area contributed by atoms with Crippen LogP contribution in [0.3, 0.4) is 0 Å². The van der Waals surface area contributed by atoms with Crippen molar-refractivity contribution in [2.75, 3.05) is 11.5 Å². The summed E-state index contributed by atoms with van der Waals surface area (Å²) in [6.45, 7) is 0.654. The molecule has 0 unspecified atom stereocenters. The van der Waals surface area contributed by atoms with Crippen LogP contribution in [0.5, 0.6) is 0 Å². The molecule has 1 fully saturated rings. The molecule has 24 heavy (non-hydrogen) atoms. The molecule has 8 heteroatoms. The molecule has 2 aromatic rings. The summed E-state index contributed by atoms with van der Waals surface area (Å²) in [5.74, 6) is -0.887. The van der Waals surface area contributed by atoms with Gasteiger partial charge in [0, 0.05) is 11.8 Å². The second-order valence-corrected chi connectivity index (χ2v) is 8.02. The Hall–Kier alpha value is -2.48. The van der Waals surface area contributed by atoms with Gasteiger partial charge in [0.15, 0.2) is 9.84 Å². The Kier molecular flexibility index (Phi) is 4.75. The first-order valence-electron chi connectivity index (χ1n) is 7.61. The molecule has 1 aliphatic heterocycles. The summed E-state index contributed by atoms with van der Waals surface area (Å²) < 4.78 is 24.5. The molecule has 2 heterocycles. The van der Waals surface area contributed by atoms with Crippen molar-refractivity contribution in [3.63, 3.8) is 0 Å². The van der Waals surface area contributed by atoms with E-state index in [1.807, 2.05) is 36.5 Å². The highest BCUT2D eigenvalue weighted by atomic mass is 32.2. The molecule has 0 saturated carbocycles. The summed E-state index contributed by atoms with van der Waals surface area (Å²) in [4.78, 5) is 11.9. The Labute approximate surface area is 140 Å². The maximum atomic E-state index is 11.9. The lowest BCUT2D eigenvalue weighted by Crippen LogP contribution is -2.27. The van der Waals surface area contributed by atoms with Gasteiger partial charge in [-0.15, -0.1) is 0 Å². The number of carbonyl (C=O) groups is 1. The molecule has 0 radical (unpaired) electrons. The number of hydrazone groups is 1. The molecule has 1 aromatic heterocycles. The summed E-state index contributed by atoms with van der Waals surface area (Å²) in [6, 6.07) is 9.94. The minimum Gasteiger partial charge on any atom is -0.273 e. The smallest absolute Gasteiger partial charge is 0.244 e. The standard InChI is InChI=1S/C16H18N4O3S/c21-16(15-6-7-24(22,23)12-15)19-17-8-14-9-18-20(11-14)10-13-4-2-1-3-5-13/h1-5,8-9,11,15H,6-7,10,12H2,(H,19,21)/b17-8-/t15-/m0/s1. The third-order valence-corrected chi connectivity index (χ3v) is 5.60. The number of carbonyl (C=O) groups excluding carboxylic acids is 1. The highest BCUT2D eigenvalue weighted by Gasteiger charge is 2.32. The number of rotatable bonds is 5. The summed E-state index contributed by atoms with van der Waals surface area (Å²) in [5.41, 5.74) is 4.29. The fourth-order valence-corrected chi connectivity index (χ4v) is 4.31. The third kappa shape index (κ3) is 4.29. The van der Waals surface area contributed by atoms with Gasteiger partial charge in [-0.25, -0.2) is 13.8 Å². The van der Waals surface area contributed by atoms with E-state index >= 15 is 0 Å².